The minimum absolute atomic E-state index is 0.0158. The molecule has 0 saturated heterocycles. The predicted molar refractivity (Wildman–Crippen MR) is 56.6 cm³/mol. The minimum Gasteiger partial charge on any atom is -0.484 e. The van der Waals surface area contributed by atoms with E-state index in [-0.39, 0.29) is 19.1 Å². The lowest BCUT2D eigenvalue weighted by atomic mass is 10.2. The molecular formula is C11H15NO3. The van der Waals surface area contributed by atoms with E-state index in [0.29, 0.717) is 5.75 Å². The van der Waals surface area contributed by atoms with Gasteiger partial charge in [0.25, 0.3) is 5.91 Å². The average Bonchev–Trinajstić information content (AvgIpc) is 2.26. The Morgan fingerprint density at radius 1 is 1.47 bits per heavy atom. The molecule has 1 aromatic carbocycles. The van der Waals surface area contributed by atoms with Gasteiger partial charge in [-0.05, 0) is 17.7 Å². The Labute approximate surface area is 89.1 Å². The highest BCUT2D eigenvalue weighted by Gasteiger charge is 2.04. The third-order valence-corrected chi connectivity index (χ3v) is 1.94. The molecule has 0 unspecified atom stereocenters. The number of nitrogens with zero attached hydrogens (tertiary/aromatic N) is 1. The molecular weight excluding hydrogens is 194 g/mol. The number of carbonyl (C=O) groups excluding carboxylic acids is 1. The highest BCUT2D eigenvalue weighted by atomic mass is 16.5. The number of rotatable bonds is 4. The molecule has 1 aromatic rings. The first kappa shape index (κ1) is 11.5. The number of hydrogen-bond donors (Lipinski definition) is 1. The van der Waals surface area contributed by atoms with Gasteiger partial charge in [0, 0.05) is 14.1 Å². The van der Waals surface area contributed by atoms with Gasteiger partial charge in [0.15, 0.2) is 6.61 Å². The largest absolute Gasteiger partial charge is 0.484 e. The van der Waals surface area contributed by atoms with Crippen LogP contribution >= 0.6 is 0 Å². The van der Waals surface area contributed by atoms with Crippen molar-refractivity contribution in [2.45, 2.75) is 6.61 Å². The summed E-state index contributed by atoms with van der Waals surface area (Å²) in [6, 6.07) is 7.03. The van der Waals surface area contributed by atoms with Gasteiger partial charge in [0.05, 0.1) is 6.61 Å². The maximum absolute atomic E-state index is 11.2. The van der Waals surface area contributed by atoms with Crippen LogP contribution in [0.3, 0.4) is 0 Å². The molecule has 1 amide bonds. The summed E-state index contributed by atoms with van der Waals surface area (Å²) in [6.07, 6.45) is 0. The second-order valence-corrected chi connectivity index (χ2v) is 3.38. The van der Waals surface area contributed by atoms with Crippen molar-refractivity contribution >= 4 is 5.91 Å². The number of carbonyl (C=O) groups is 1. The predicted octanol–water partition coefficient (Wildman–Crippen LogP) is 0.646. The van der Waals surface area contributed by atoms with Crippen molar-refractivity contribution in [3.63, 3.8) is 0 Å². The van der Waals surface area contributed by atoms with E-state index in [1.165, 1.54) is 4.90 Å². The van der Waals surface area contributed by atoms with Crippen LogP contribution in [0.1, 0.15) is 5.56 Å². The van der Waals surface area contributed by atoms with Crippen molar-refractivity contribution in [1.29, 1.82) is 0 Å². The molecule has 0 aliphatic carbocycles. The van der Waals surface area contributed by atoms with Crippen LogP contribution in [-0.4, -0.2) is 36.6 Å². The van der Waals surface area contributed by atoms with Gasteiger partial charge in [0.1, 0.15) is 5.75 Å². The van der Waals surface area contributed by atoms with Gasteiger partial charge in [-0.1, -0.05) is 12.1 Å². The Kier molecular flexibility index (Phi) is 4.12. The maximum Gasteiger partial charge on any atom is 0.259 e. The summed E-state index contributed by atoms with van der Waals surface area (Å²) in [5.74, 6) is 0.501. The van der Waals surface area contributed by atoms with Gasteiger partial charge >= 0.3 is 0 Å². The van der Waals surface area contributed by atoms with Crippen molar-refractivity contribution in [3.8, 4) is 5.75 Å². The molecule has 0 spiro atoms. The van der Waals surface area contributed by atoms with Gasteiger partial charge < -0.3 is 14.7 Å². The van der Waals surface area contributed by atoms with Crippen LogP contribution in [0.25, 0.3) is 0 Å². The Balaban J connectivity index is 2.54. The van der Waals surface area contributed by atoms with Crippen LogP contribution in [0.5, 0.6) is 5.75 Å². The van der Waals surface area contributed by atoms with Crippen LogP contribution in [0.2, 0.25) is 0 Å². The number of amides is 1. The standard InChI is InChI=1S/C11H15NO3/c1-12(2)11(14)8-15-10-5-3-4-9(6-10)7-13/h3-6,13H,7-8H2,1-2H3. The molecule has 0 aliphatic rings. The van der Waals surface area contributed by atoms with E-state index in [2.05, 4.69) is 0 Å². The van der Waals surface area contributed by atoms with E-state index in [4.69, 9.17) is 9.84 Å². The monoisotopic (exact) mass is 209 g/mol. The topological polar surface area (TPSA) is 49.8 Å². The molecule has 1 N–H and O–H groups in total. The average molecular weight is 209 g/mol. The molecule has 82 valence electrons. The quantitative estimate of drug-likeness (QED) is 0.792. The van der Waals surface area contributed by atoms with E-state index < -0.39 is 0 Å². The van der Waals surface area contributed by atoms with Gasteiger partial charge in [-0.15, -0.1) is 0 Å². The second-order valence-electron chi connectivity index (χ2n) is 3.38. The van der Waals surface area contributed by atoms with Gasteiger partial charge in [-0.3, -0.25) is 4.79 Å². The number of hydrogen-bond acceptors (Lipinski definition) is 3. The maximum atomic E-state index is 11.2. The van der Waals surface area contributed by atoms with Gasteiger partial charge in [0.2, 0.25) is 0 Å². The molecule has 15 heavy (non-hydrogen) atoms. The van der Waals surface area contributed by atoms with Crippen molar-refractivity contribution in [3.05, 3.63) is 29.8 Å². The Morgan fingerprint density at radius 3 is 2.80 bits per heavy atom. The highest BCUT2D eigenvalue weighted by Crippen LogP contribution is 2.13. The molecule has 0 aromatic heterocycles. The number of aliphatic hydroxyl groups is 1. The third-order valence-electron chi connectivity index (χ3n) is 1.94. The molecule has 1 rings (SSSR count). The van der Waals surface area contributed by atoms with E-state index in [1.54, 1.807) is 38.4 Å². The summed E-state index contributed by atoms with van der Waals surface area (Å²) >= 11 is 0. The number of likely N-dealkylation sites (N-methyl/N-ethyl adjacent to an activating group) is 1. The summed E-state index contributed by atoms with van der Waals surface area (Å²) in [5.41, 5.74) is 0.768. The van der Waals surface area contributed by atoms with Crippen LogP contribution in [-0.2, 0) is 11.4 Å². The molecule has 0 saturated carbocycles. The third kappa shape index (κ3) is 3.59. The summed E-state index contributed by atoms with van der Waals surface area (Å²) in [5, 5.41) is 8.90. The van der Waals surface area contributed by atoms with E-state index in [1.807, 2.05) is 0 Å². The summed E-state index contributed by atoms with van der Waals surface area (Å²) < 4.78 is 5.27. The fourth-order valence-electron chi connectivity index (χ4n) is 1.01. The minimum atomic E-state index is -0.0931. The van der Waals surface area contributed by atoms with Crippen LogP contribution < -0.4 is 4.74 Å². The van der Waals surface area contributed by atoms with Crippen molar-refractivity contribution in [2.75, 3.05) is 20.7 Å². The summed E-state index contributed by atoms with van der Waals surface area (Å²) in [6.45, 7) is -0.0132. The zero-order valence-electron chi connectivity index (χ0n) is 8.93. The summed E-state index contributed by atoms with van der Waals surface area (Å²) in [7, 11) is 3.35. The first-order chi connectivity index (χ1) is 7.13. The van der Waals surface area contributed by atoms with Gasteiger partial charge in [-0.2, -0.15) is 0 Å². The van der Waals surface area contributed by atoms with Crippen molar-refractivity contribution < 1.29 is 14.6 Å². The lowest BCUT2D eigenvalue weighted by molar-refractivity contribution is -0.130. The second kappa shape index (κ2) is 5.36. The smallest absolute Gasteiger partial charge is 0.259 e. The summed E-state index contributed by atoms with van der Waals surface area (Å²) in [4.78, 5) is 12.7. The van der Waals surface area contributed by atoms with Crippen LogP contribution in [0.15, 0.2) is 24.3 Å². The number of ether oxygens (including phenoxy) is 1. The fraction of sp³-hybridized carbons (Fsp3) is 0.364. The van der Waals surface area contributed by atoms with Crippen molar-refractivity contribution in [1.82, 2.24) is 4.90 Å². The van der Waals surface area contributed by atoms with E-state index in [9.17, 15) is 4.79 Å². The Morgan fingerprint density at radius 2 is 2.20 bits per heavy atom. The van der Waals surface area contributed by atoms with Crippen molar-refractivity contribution in [2.24, 2.45) is 0 Å². The Hall–Kier alpha value is -1.55. The Bertz CT molecular complexity index is 336. The number of aliphatic hydroxyl groups excluding tert-OH is 1. The van der Waals surface area contributed by atoms with Crippen LogP contribution in [0.4, 0.5) is 0 Å². The fourth-order valence-corrected chi connectivity index (χ4v) is 1.01. The van der Waals surface area contributed by atoms with E-state index in [0.717, 1.165) is 5.56 Å². The lowest BCUT2D eigenvalue weighted by Crippen LogP contribution is -2.27. The molecule has 0 bridgehead atoms. The van der Waals surface area contributed by atoms with Crippen LogP contribution in [0, 0.1) is 0 Å². The van der Waals surface area contributed by atoms with E-state index >= 15 is 0 Å². The molecule has 0 aliphatic heterocycles. The zero-order chi connectivity index (χ0) is 11.3. The lowest BCUT2D eigenvalue weighted by Gasteiger charge is -2.11. The molecule has 0 atom stereocenters. The highest BCUT2D eigenvalue weighted by molar-refractivity contribution is 5.77. The molecule has 0 heterocycles. The zero-order valence-corrected chi connectivity index (χ0v) is 8.93. The molecule has 0 fully saturated rings. The molecule has 4 nitrogen and oxygen atoms in total. The normalized spacial score (nSPS) is 9.80. The first-order valence-electron chi connectivity index (χ1n) is 4.66. The SMILES string of the molecule is CN(C)C(=O)COc1cccc(CO)c1. The molecule has 0 radical (unpaired) electrons. The van der Waals surface area contributed by atoms with Gasteiger partial charge in [-0.25, -0.2) is 0 Å². The first-order valence-corrected chi connectivity index (χ1v) is 4.66. The number of benzene rings is 1. The molecule has 4 heteroatoms.